The Kier molecular flexibility index (Phi) is 6.72. The number of carbonyl (C=O) groups excluding carboxylic acids is 2. The fraction of sp³-hybridized carbons (Fsp3) is 0.846. The van der Waals surface area contributed by atoms with Crippen LogP contribution in [0, 0.1) is 5.92 Å². The Hall–Kier alpha value is -1.10. The molecule has 0 saturated carbocycles. The quantitative estimate of drug-likeness (QED) is 0.720. The molecule has 0 spiro atoms. The predicted molar refractivity (Wildman–Crippen MR) is 71.1 cm³/mol. The number of nitrogens with one attached hydrogen (secondary N) is 2. The van der Waals surface area contributed by atoms with E-state index < -0.39 is 0 Å². The van der Waals surface area contributed by atoms with Gasteiger partial charge in [0.1, 0.15) is 0 Å². The fourth-order valence-corrected chi connectivity index (χ4v) is 2.29. The van der Waals surface area contributed by atoms with Crippen molar-refractivity contribution in [2.45, 2.75) is 32.6 Å². The molecule has 0 aromatic heterocycles. The standard InChI is InChI=1S/C13H25N3O2/c1-3-7-16(10-12(17)14-2)13(18)8-11-5-4-6-15-9-11/h11,15H,3-10H2,1-2H3,(H,14,17). The Morgan fingerprint density at radius 1 is 1.44 bits per heavy atom. The molecule has 1 aliphatic rings. The minimum atomic E-state index is -0.0985. The number of amides is 2. The van der Waals surface area contributed by atoms with Gasteiger partial charge in [-0.1, -0.05) is 6.92 Å². The third kappa shape index (κ3) is 5.04. The molecule has 1 heterocycles. The van der Waals surface area contributed by atoms with Crippen LogP contribution in [0.1, 0.15) is 32.6 Å². The first-order chi connectivity index (χ1) is 8.67. The lowest BCUT2D eigenvalue weighted by Crippen LogP contribution is -2.42. The normalized spacial score (nSPS) is 19.3. The van der Waals surface area contributed by atoms with Gasteiger partial charge in [-0.15, -0.1) is 0 Å². The lowest BCUT2D eigenvalue weighted by Gasteiger charge is -2.26. The van der Waals surface area contributed by atoms with E-state index in [0.29, 0.717) is 18.9 Å². The molecule has 0 bridgehead atoms. The number of nitrogens with zero attached hydrogens (tertiary/aromatic N) is 1. The third-order valence-corrected chi connectivity index (χ3v) is 3.32. The summed E-state index contributed by atoms with van der Waals surface area (Å²) in [6, 6.07) is 0. The summed E-state index contributed by atoms with van der Waals surface area (Å²) in [5, 5.41) is 5.88. The van der Waals surface area contributed by atoms with E-state index in [4.69, 9.17) is 0 Å². The number of rotatable bonds is 6. The minimum Gasteiger partial charge on any atom is -0.358 e. The Labute approximate surface area is 109 Å². The molecule has 0 aromatic carbocycles. The zero-order chi connectivity index (χ0) is 13.4. The molecule has 5 nitrogen and oxygen atoms in total. The third-order valence-electron chi connectivity index (χ3n) is 3.32. The highest BCUT2D eigenvalue weighted by Gasteiger charge is 2.21. The number of hydrogen-bond acceptors (Lipinski definition) is 3. The van der Waals surface area contributed by atoms with Gasteiger partial charge in [0.25, 0.3) is 0 Å². The maximum atomic E-state index is 12.2. The van der Waals surface area contributed by atoms with Crippen molar-refractivity contribution >= 4 is 11.8 Å². The zero-order valence-corrected chi connectivity index (χ0v) is 11.5. The highest BCUT2D eigenvalue weighted by Crippen LogP contribution is 2.15. The molecule has 1 saturated heterocycles. The molecule has 18 heavy (non-hydrogen) atoms. The van der Waals surface area contributed by atoms with Crippen molar-refractivity contribution in [3.05, 3.63) is 0 Å². The molecule has 5 heteroatoms. The molecule has 0 radical (unpaired) electrons. The molecule has 0 aliphatic carbocycles. The summed E-state index contributed by atoms with van der Waals surface area (Å²) in [6.45, 7) is 4.84. The van der Waals surface area contributed by atoms with Crippen LogP contribution < -0.4 is 10.6 Å². The van der Waals surface area contributed by atoms with Gasteiger partial charge in [-0.05, 0) is 38.3 Å². The summed E-state index contributed by atoms with van der Waals surface area (Å²) >= 11 is 0. The second-order valence-corrected chi connectivity index (χ2v) is 4.90. The van der Waals surface area contributed by atoms with Crippen LogP contribution in [0.25, 0.3) is 0 Å². The van der Waals surface area contributed by atoms with Gasteiger partial charge in [0.05, 0.1) is 6.54 Å². The maximum Gasteiger partial charge on any atom is 0.239 e. The van der Waals surface area contributed by atoms with Crippen LogP contribution in [0.3, 0.4) is 0 Å². The Morgan fingerprint density at radius 2 is 2.22 bits per heavy atom. The topological polar surface area (TPSA) is 61.4 Å². The van der Waals surface area contributed by atoms with Crippen molar-refractivity contribution in [1.82, 2.24) is 15.5 Å². The van der Waals surface area contributed by atoms with Gasteiger partial charge in [0.15, 0.2) is 0 Å². The molecule has 0 aromatic rings. The van der Waals surface area contributed by atoms with Crippen molar-refractivity contribution in [3.63, 3.8) is 0 Å². The van der Waals surface area contributed by atoms with Crippen LogP contribution in [-0.2, 0) is 9.59 Å². The highest BCUT2D eigenvalue weighted by atomic mass is 16.2. The van der Waals surface area contributed by atoms with Gasteiger partial charge < -0.3 is 15.5 Å². The first-order valence-electron chi connectivity index (χ1n) is 6.86. The molecule has 104 valence electrons. The van der Waals surface area contributed by atoms with Crippen molar-refractivity contribution in [2.75, 3.05) is 33.2 Å². The van der Waals surface area contributed by atoms with E-state index in [-0.39, 0.29) is 18.4 Å². The van der Waals surface area contributed by atoms with Gasteiger partial charge in [-0.3, -0.25) is 9.59 Å². The first-order valence-corrected chi connectivity index (χ1v) is 6.86. The van der Waals surface area contributed by atoms with E-state index >= 15 is 0 Å². The van der Waals surface area contributed by atoms with Crippen LogP contribution in [0.15, 0.2) is 0 Å². The second kappa shape index (κ2) is 8.08. The number of carbonyl (C=O) groups is 2. The van der Waals surface area contributed by atoms with Crippen molar-refractivity contribution in [3.8, 4) is 0 Å². The molecular formula is C13H25N3O2. The van der Waals surface area contributed by atoms with Crippen molar-refractivity contribution < 1.29 is 9.59 Å². The van der Waals surface area contributed by atoms with E-state index in [1.165, 1.54) is 0 Å². The van der Waals surface area contributed by atoms with Crippen molar-refractivity contribution in [2.24, 2.45) is 5.92 Å². The number of piperidine rings is 1. The molecule has 2 amide bonds. The van der Waals surface area contributed by atoms with E-state index in [1.807, 2.05) is 6.92 Å². The van der Waals surface area contributed by atoms with E-state index in [0.717, 1.165) is 32.4 Å². The molecular weight excluding hydrogens is 230 g/mol. The van der Waals surface area contributed by atoms with Crippen LogP contribution in [-0.4, -0.2) is 49.9 Å². The first kappa shape index (κ1) is 15.0. The monoisotopic (exact) mass is 255 g/mol. The average Bonchev–Trinajstić information content (AvgIpc) is 2.39. The molecule has 1 atom stereocenters. The van der Waals surface area contributed by atoms with E-state index in [2.05, 4.69) is 10.6 Å². The van der Waals surface area contributed by atoms with Crippen LogP contribution in [0.2, 0.25) is 0 Å². The Balaban J connectivity index is 2.44. The smallest absolute Gasteiger partial charge is 0.239 e. The minimum absolute atomic E-state index is 0.0985. The SMILES string of the molecule is CCCN(CC(=O)NC)C(=O)CC1CCCNC1. The highest BCUT2D eigenvalue weighted by molar-refractivity contribution is 5.84. The summed E-state index contributed by atoms with van der Waals surface area (Å²) in [4.78, 5) is 25.2. The summed E-state index contributed by atoms with van der Waals surface area (Å²) in [6.07, 6.45) is 3.69. The largest absolute Gasteiger partial charge is 0.358 e. The Morgan fingerprint density at radius 3 is 2.78 bits per heavy atom. The number of hydrogen-bond donors (Lipinski definition) is 2. The molecule has 2 N–H and O–H groups in total. The average molecular weight is 255 g/mol. The van der Waals surface area contributed by atoms with Crippen LogP contribution in [0.4, 0.5) is 0 Å². The summed E-state index contributed by atoms with van der Waals surface area (Å²) in [7, 11) is 1.60. The summed E-state index contributed by atoms with van der Waals surface area (Å²) in [5.74, 6) is 0.433. The fourth-order valence-electron chi connectivity index (χ4n) is 2.29. The Bertz CT molecular complexity index is 275. The summed E-state index contributed by atoms with van der Waals surface area (Å²) < 4.78 is 0. The molecule has 1 unspecified atom stereocenters. The molecule has 1 aliphatic heterocycles. The van der Waals surface area contributed by atoms with Gasteiger partial charge in [0.2, 0.25) is 11.8 Å². The molecule has 1 rings (SSSR count). The van der Waals surface area contributed by atoms with Gasteiger partial charge in [0, 0.05) is 20.0 Å². The van der Waals surface area contributed by atoms with Crippen molar-refractivity contribution in [1.29, 1.82) is 0 Å². The van der Waals surface area contributed by atoms with Crippen LogP contribution >= 0.6 is 0 Å². The zero-order valence-electron chi connectivity index (χ0n) is 11.5. The van der Waals surface area contributed by atoms with Gasteiger partial charge >= 0.3 is 0 Å². The summed E-state index contributed by atoms with van der Waals surface area (Å²) in [5.41, 5.74) is 0. The van der Waals surface area contributed by atoms with Gasteiger partial charge in [-0.2, -0.15) is 0 Å². The lowest BCUT2D eigenvalue weighted by atomic mass is 9.95. The van der Waals surface area contributed by atoms with Crippen LogP contribution in [0.5, 0.6) is 0 Å². The van der Waals surface area contributed by atoms with E-state index in [1.54, 1.807) is 11.9 Å². The predicted octanol–water partition coefficient (Wildman–Crippen LogP) is 0.361. The maximum absolute atomic E-state index is 12.2. The number of likely N-dealkylation sites (N-methyl/N-ethyl adjacent to an activating group) is 1. The second-order valence-electron chi connectivity index (χ2n) is 4.90. The van der Waals surface area contributed by atoms with Gasteiger partial charge in [-0.25, -0.2) is 0 Å². The van der Waals surface area contributed by atoms with E-state index in [9.17, 15) is 9.59 Å². The lowest BCUT2D eigenvalue weighted by molar-refractivity contribution is -0.136. The molecule has 1 fully saturated rings.